The molecule has 2 aliphatic rings. The van der Waals surface area contributed by atoms with Crippen LogP contribution in [0.4, 0.5) is 4.39 Å². The van der Waals surface area contributed by atoms with Gasteiger partial charge in [0.05, 0.1) is 16.8 Å². The smallest absolute Gasteiger partial charge is 0.272 e. The molecule has 1 aromatic carbocycles. The number of aryl methyl sites for hydroxylation is 1. The number of benzene rings is 1. The summed E-state index contributed by atoms with van der Waals surface area (Å²) in [4.78, 5) is 15.0. The summed E-state index contributed by atoms with van der Waals surface area (Å²) in [6, 6.07) is 2.85. The number of hydrogen-bond donors (Lipinski definition) is 2. The van der Waals surface area contributed by atoms with Crippen LogP contribution < -0.4 is 5.43 Å². The van der Waals surface area contributed by atoms with Gasteiger partial charge in [-0.1, -0.05) is 0 Å². The van der Waals surface area contributed by atoms with E-state index in [2.05, 4.69) is 15.5 Å². The van der Waals surface area contributed by atoms with Gasteiger partial charge in [-0.05, 0) is 31.4 Å². The molecule has 5 heteroatoms. The number of aromatic amines is 1. The molecule has 1 amide bonds. The first kappa shape index (κ1) is 9.82. The summed E-state index contributed by atoms with van der Waals surface area (Å²) < 4.78 is 13.9. The predicted molar refractivity (Wildman–Crippen MR) is 65.2 cm³/mol. The predicted octanol–water partition coefficient (Wildman–Crippen LogP) is 2.09. The van der Waals surface area contributed by atoms with Crippen LogP contribution in [0.2, 0.25) is 0 Å². The van der Waals surface area contributed by atoms with Crippen LogP contribution in [-0.4, -0.2) is 16.6 Å². The van der Waals surface area contributed by atoms with Crippen molar-refractivity contribution in [1.82, 2.24) is 10.4 Å². The molecule has 0 fully saturated rings. The van der Waals surface area contributed by atoms with Crippen LogP contribution >= 0.6 is 0 Å². The second-order valence-electron chi connectivity index (χ2n) is 4.68. The zero-order chi connectivity index (χ0) is 12.3. The Morgan fingerprint density at radius 1 is 1.28 bits per heavy atom. The Morgan fingerprint density at radius 3 is 3.06 bits per heavy atom. The normalized spacial score (nSPS) is 17.4. The third-order valence-corrected chi connectivity index (χ3v) is 3.65. The van der Waals surface area contributed by atoms with Crippen LogP contribution in [0.3, 0.4) is 0 Å². The van der Waals surface area contributed by atoms with Crippen molar-refractivity contribution in [3.05, 3.63) is 34.8 Å². The van der Waals surface area contributed by atoms with Gasteiger partial charge in [-0.25, -0.2) is 9.82 Å². The van der Waals surface area contributed by atoms with Gasteiger partial charge in [-0.2, -0.15) is 5.10 Å². The summed E-state index contributed by atoms with van der Waals surface area (Å²) in [5, 5.41) is 4.83. The highest BCUT2D eigenvalue weighted by molar-refractivity contribution is 6.20. The minimum absolute atomic E-state index is 0.274. The first-order valence-electron chi connectivity index (χ1n) is 5.96. The molecule has 1 aliphatic carbocycles. The van der Waals surface area contributed by atoms with Crippen LogP contribution in [0.1, 0.15) is 34.5 Å². The molecule has 2 aromatic rings. The topological polar surface area (TPSA) is 57.2 Å². The SMILES string of the molecule is O=C1NN=C2CCCc3[nH]c4c(F)ccc1c4c32. The second-order valence-corrected chi connectivity index (χ2v) is 4.68. The number of carbonyl (C=O) groups is 1. The van der Waals surface area contributed by atoms with E-state index in [0.29, 0.717) is 16.5 Å². The van der Waals surface area contributed by atoms with E-state index in [1.165, 1.54) is 12.1 Å². The molecule has 0 bridgehead atoms. The van der Waals surface area contributed by atoms with Gasteiger partial charge in [0, 0.05) is 16.6 Å². The number of hydrazone groups is 1. The van der Waals surface area contributed by atoms with Gasteiger partial charge >= 0.3 is 0 Å². The molecule has 4 nitrogen and oxygen atoms in total. The largest absolute Gasteiger partial charge is 0.355 e. The van der Waals surface area contributed by atoms with Crippen LogP contribution in [0, 0.1) is 5.82 Å². The molecule has 1 aliphatic heterocycles. The molecule has 2 heterocycles. The molecular formula is C13H10FN3O. The van der Waals surface area contributed by atoms with Crippen molar-refractivity contribution in [2.24, 2.45) is 5.10 Å². The Bertz CT molecular complexity index is 729. The first-order chi connectivity index (χ1) is 8.75. The van der Waals surface area contributed by atoms with E-state index in [1.54, 1.807) is 0 Å². The third-order valence-electron chi connectivity index (χ3n) is 3.65. The van der Waals surface area contributed by atoms with Crippen LogP contribution in [-0.2, 0) is 6.42 Å². The van der Waals surface area contributed by atoms with Crippen molar-refractivity contribution < 1.29 is 9.18 Å². The number of halogens is 1. The Kier molecular flexibility index (Phi) is 1.74. The maximum absolute atomic E-state index is 13.9. The second kappa shape index (κ2) is 3.19. The van der Waals surface area contributed by atoms with E-state index in [0.717, 1.165) is 36.2 Å². The zero-order valence-electron chi connectivity index (χ0n) is 9.51. The number of H-pyrrole nitrogens is 1. The Hall–Kier alpha value is -2.17. The number of rotatable bonds is 0. The molecule has 18 heavy (non-hydrogen) atoms. The fourth-order valence-corrected chi connectivity index (χ4v) is 2.87. The molecule has 1 aromatic heterocycles. The van der Waals surface area contributed by atoms with E-state index < -0.39 is 0 Å². The summed E-state index contributed by atoms with van der Waals surface area (Å²) in [6.07, 6.45) is 2.65. The molecule has 0 saturated heterocycles. The zero-order valence-corrected chi connectivity index (χ0v) is 9.51. The van der Waals surface area contributed by atoms with Gasteiger partial charge in [-0.15, -0.1) is 0 Å². The minimum Gasteiger partial charge on any atom is -0.355 e. The van der Waals surface area contributed by atoms with Gasteiger partial charge in [0.25, 0.3) is 5.91 Å². The highest BCUT2D eigenvalue weighted by Crippen LogP contribution is 2.34. The molecule has 0 unspecified atom stereocenters. The summed E-state index contributed by atoms with van der Waals surface area (Å²) in [5.41, 5.74) is 6.19. The molecule has 4 rings (SSSR count). The van der Waals surface area contributed by atoms with Crippen molar-refractivity contribution in [1.29, 1.82) is 0 Å². The number of carbonyl (C=O) groups excluding carboxylic acids is 1. The number of aromatic nitrogens is 1. The minimum atomic E-state index is -0.322. The quantitative estimate of drug-likeness (QED) is 0.731. The fourth-order valence-electron chi connectivity index (χ4n) is 2.87. The van der Waals surface area contributed by atoms with Crippen LogP contribution in [0.15, 0.2) is 17.2 Å². The molecule has 0 atom stereocenters. The van der Waals surface area contributed by atoms with Crippen molar-refractivity contribution >= 4 is 22.5 Å². The Balaban J connectivity index is 2.24. The van der Waals surface area contributed by atoms with Gasteiger partial charge in [0.2, 0.25) is 0 Å². The lowest BCUT2D eigenvalue weighted by atomic mass is 9.92. The lowest BCUT2D eigenvalue weighted by Crippen LogP contribution is -2.18. The van der Waals surface area contributed by atoms with Gasteiger partial charge in [0.15, 0.2) is 0 Å². The Morgan fingerprint density at radius 2 is 2.17 bits per heavy atom. The van der Waals surface area contributed by atoms with Gasteiger partial charge in [0.1, 0.15) is 5.82 Å². The standard InChI is InChI=1S/C13H10FN3O/c14-7-5-4-6-10-11-8(15-12(7)10)2-1-3-9(11)16-17-13(6)18/h4-5,15H,1-3H2,(H,17,18). The van der Waals surface area contributed by atoms with E-state index in [1.807, 2.05) is 0 Å². The van der Waals surface area contributed by atoms with Crippen molar-refractivity contribution in [3.63, 3.8) is 0 Å². The summed E-state index contributed by atoms with van der Waals surface area (Å²) in [5.74, 6) is -0.596. The molecule has 2 N–H and O–H groups in total. The van der Waals surface area contributed by atoms with Crippen molar-refractivity contribution in [3.8, 4) is 0 Å². The maximum Gasteiger partial charge on any atom is 0.272 e. The lowest BCUT2D eigenvalue weighted by Gasteiger charge is -2.12. The maximum atomic E-state index is 13.9. The van der Waals surface area contributed by atoms with E-state index in [-0.39, 0.29) is 11.7 Å². The lowest BCUT2D eigenvalue weighted by molar-refractivity contribution is 0.0957. The summed E-state index contributed by atoms with van der Waals surface area (Å²) >= 11 is 0. The summed E-state index contributed by atoms with van der Waals surface area (Å²) in [7, 11) is 0. The highest BCUT2D eigenvalue weighted by atomic mass is 19.1. The Labute approximate surface area is 102 Å². The first-order valence-corrected chi connectivity index (χ1v) is 5.96. The van der Waals surface area contributed by atoms with E-state index >= 15 is 0 Å². The average molecular weight is 243 g/mol. The van der Waals surface area contributed by atoms with E-state index in [9.17, 15) is 9.18 Å². The molecule has 90 valence electrons. The van der Waals surface area contributed by atoms with Crippen LogP contribution in [0.25, 0.3) is 10.9 Å². The molecule has 0 radical (unpaired) electrons. The van der Waals surface area contributed by atoms with Gasteiger partial charge in [-0.3, -0.25) is 4.79 Å². The molecule has 0 spiro atoms. The fraction of sp³-hybridized carbons (Fsp3) is 0.231. The monoisotopic (exact) mass is 243 g/mol. The highest BCUT2D eigenvalue weighted by Gasteiger charge is 2.28. The number of hydrogen-bond acceptors (Lipinski definition) is 2. The van der Waals surface area contributed by atoms with Crippen LogP contribution in [0.5, 0.6) is 0 Å². The number of nitrogens with one attached hydrogen (secondary N) is 2. The number of amides is 1. The summed E-state index contributed by atoms with van der Waals surface area (Å²) in [6.45, 7) is 0. The third kappa shape index (κ3) is 1.08. The molecular weight excluding hydrogens is 233 g/mol. The van der Waals surface area contributed by atoms with Crippen molar-refractivity contribution in [2.75, 3.05) is 0 Å². The molecule has 0 saturated carbocycles. The van der Waals surface area contributed by atoms with Crippen molar-refractivity contribution in [2.45, 2.75) is 19.3 Å². The average Bonchev–Trinajstić information content (AvgIpc) is 2.70. The van der Waals surface area contributed by atoms with Gasteiger partial charge < -0.3 is 4.98 Å². The van der Waals surface area contributed by atoms with E-state index in [4.69, 9.17) is 0 Å². The number of nitrogens with zero attached hydrogens (tertiary/aromatic N) is 1.